The Kier molecular flexibility index (Phi) is 5.65. The summed E-state index contributed by atoms with van der Waals surface area (Å²) in [5, 5.41) is 2.48. The first-order chi connectivity index (χ1) is 13.2. The fraction of sp³-hybridized carbons (Fsp3) is 0.381. The minimum Gasteiger partial charge on any atom is -0.455 e. The molecule has 1 aromatic carbocycles. The Hall–Kier alpha value is -2.54. The standard InChI is InChI=1S/C21H24N2O4S/c1-5-14-12-28-19-16(22-15(24)11-13-9-7-6-8-10-13)18(25)23(19)17(14)20(26)27-21(2,3)4/h5-10,16,19H,1,11-12H2,2-4H3,(H,22,24)/t16-,19+/m1/s1. The van der Waals surface area contributed by atoms with Crippen molar-refractivity contribution in [3.8, 4) is 0 Å². The third-order valence-electron chi connectivity index (χ3n) is 4.36. The molecule has 6 nitrogen and oxygen atoms in total. The highest BCUT2D eigenvalue weighted by molar-refractivity contribution is 8.00. The number of fused-ring (bicyclic) bond motifs is 1. The summed E-state index contributed by atoms with van der Waals surface area (Å²) >= 11 is 1.50. The largest absolute Gasteiger partial charge is 0.455 e. The number of allylic oxidation sites excluding steroid dienone is 1. The molecule has 1 aromatic rings. The minimum absolute atomic E-state index is 0.203. The highest BCUT2D eigenvalue weighted by Gasteiger charge is 2.54. The smallest absolute Gasteiger partial charge is 0.355 e. The molecule has 0 saturated carbocycles. The van der Waals surface area contributed by atoms with Gasteiger partial charge in [-0.2, -0.15) is 0 Å². The number of carbonyl (C=O) groups is 3. The fourth-order valence-corrected chi connectivity index (χ4v) is 4.46. The van der Waals surface area contributed by atoms with Gasteiger partial charge in [-0.05, 0) is 31.9 Å². The average molecular weight is 401 g/mol. The van der Waals surface area contributed by atoms with Crippen LogP contribution in [0, 0.1) is 0 Å². The van der Waals surface area contributed by atoms with Crippen LogP contribution in [0.4, 0.5) is 0 Å². The molecule has 2 aliphatic heterocycles. The summed E-state index contributed by atoms with van der Waals surface area (Å²) in [5.41, 5.74) is 1.10. The third-order valence-corrected chi connectivity index (χ3v) is 5.66. The average Bonchev–Trinajstić information content (AvgIpc) is 2.64. The summed E-state index contributed by atoms with van der Waals surface area (Å²) in [6.07, 6.45) is 1.78. The quantitative estimate of drug-likeness (QED) is 0.607. The van der Waals surface area contributed by atoms with Crippen molar-refractivity contribution in [3.05, 3.63) is 59.8 Å². The van der Waals surface area contributed by atoms with Gasteiger partial charge in [0.05, 0.1) is 6.42 Å². The zero-order chi connectivity index (χ0) is 20.5. The Labute approximate surface area is 169 Å². The Bertz CT molecular complexity index is 842. The van der Waals surface area contributed by atoms with Crippen molar-refractivity contribution in [2.45, 2.75) is 44.2 Å². The van der Waals surface area contributed by atoms with Crippen LogP contribution < -0.4 is 5.32 Å². The van der Waals surface area contributed by atoms with Gasteiger partial charge < -0.3 is 10.1 Å². The van der Waals surface area contributed by atoms with Crippen molar-refractivity contribution in [3.63, 3.8) is 0 Å². The number of amides is 2. The highest BCUT2D eigenvalue weighted by atomic mass is 32.2. The molecule has 0 radical (unpaired) electrons. The maximum Gasteiger partial charge on any atom is 0.355 e. The normalized spacial score (nSPS) is 21.5. The van der Waals surface area contributed by atoms with E-state index in [-0.39, 0.29) is 29.3 Å². The highest BCUT2D eigenvalue weighted by Crippen LogP contribution is 2.41. The number of benzene rings is 1. The number of esters is 1. The first-order valence-electron chi connectivity index (χ1n) is 9.08. The predicted octanol–water partition coefficient (Wildman–Crippen LogP) is 2.41. The molecular weight excluding hydrogens is 376 g/mol. The van der Waals surface area contributed by atoms with Crippen molar-refractivity contribution in [1.29, 1.82) is 0 Å². The van der Waals surface area contributed by atoms with Crippen molar-refractivity contribution in [2.24, 2.45) is 0 Å². The lowest BCUT2D eigenvalue weighted by molar-refractivity contribution is -0.158. The van der Waals surface area contributed by atoms with Crippen LogP contribution in [0.1, 0.15) is 26.3 Å². The second-order valence-electron chi connectivity index (χ2n) is 7.70. The van der Waals surface area contributed by atoms with Crippen LogP contribution in [0.2, 0.25) is 0 Å². The van der Waals surface area contributed by atoms with Crippen LogP contribution in [0.15, 0.2) is 54.3 Å². The van der Waals surface area contributed by atoms with Crippen LogP contribution in [0.25, 0.3) is 0 Å². The minimum atomic E-state index is -0.673. The van der Waals surface area contributed by atoms with Gasteiger partial charge >= 0.3 is 5.97 Å². The number of hydrogen-bond acceptors (Lipinski definition) is 5. The Morgan fingerprint density at radius 1 is 1.32 bits per heavy atom. The molecule has 2 heterocycles. The molecule has 3 rings (SSSR count). The Balaban J connectivity index is 1.72. The van der Waals surface area contributed by atoms with E-state index in [4.69, 9.17) is 4.74 Å². The van der Waals surface area contributed by atoms with Gasteiger partial charge in [-0.1, -0.05) is 43.0 Å². The second-order valence-corrected chi connectivity index (χ2v) is 8.80. The number of rotatable bonds is 5. The zero-order valence-electron chi connectivity index (χ0n) is 16.2. The summed E-state index contributed by atoms with van der Waals surface area (Å²) in [4.78, 5) is 39.2. The first-order valence-corrected chi connectivity index (χ1v) is 10.1. The second kappa shape index (κ2) is 7.83. The van der Waals surface area contributed by atoms with Crippen LogP contribution in [-0.2, 0) is 25.5 Å². The number of β-lactam (4-membered cyclic amide) rings is 1. The van der Waals surface area contributed by atoms with Crippen LogP contribution in [-0.4, -0.2) is 45.5 Å². The summed E-state index contributed by atoms with van der Waals surface area (Å²) in [6.45, 7) is 9.08. The molecule has 1 fully saturated rings. The molecule has 2 atom stereocenters. The maximum atomic E-state index is 12.7. The number of nitrogens with one attached hydrogen (secondary N) is 1. The number of ether oxygens (including phenoxy) is 1. The van der Waals surface area contributed by atoms with Gasteiger partial charge in [-0.15, -0.1) is 11.8 Å². The number of thioether (sulfide) groups is 1. The lowest BCUT2D eigenvalue weighted by Crippen LogP contribution is -2.70. The molecule has 2 aliphatic rings. The van der Waals surface area contributed by atoms with Crippen molar-refractivity contribution < 1.29 is 19.1 Å². The summed E-state index contributed by atoms with van der Waals surface area (Å²) in [7, 11) is 0. The first kappa shape index (κ1) is 20.2. The molecule has 7 heteroatoms. The molecular formula is C21H24N2O4S. The molecule has 148 valence electrons. The van der Waals surface area contributed by atoms with Gasteiger partial charge in [0.25, 0.3) is 5.91 Å². The van der Waals surface area contributed by atoms with Gasteiger partial charge in [-0.3, -0.25) is 14.5 Å². The van der Waals surface area contributed by atoms with Gasteiger partial charge in [0.1, 0.15) is 22.7 Å². The lowest BCUT2D eigenvalue weighted by atomic mass is 10.0. The number of hydrogen-bond donors (Lipinski definition) is 1. The fourth-order valence-electron chi connectivity index (χ4n) is 3.12. The van der Waals surface area contributed by atoms with Gasteiger partial charge in [-0.25, -0.2) is 4.79 Å². The van der Waals surface area contributed by atoms with E-state index in [0.717, 1.165) is 5.56 Å². The molecule has 0 unspecified atom stereocenters. The van der Waals surface area contributed by atoms with Gasteiger partial charge in [0, 0.05) is 5.75 Å². The van der Waals surface area contributed by atoms with E-state index in [1.165, 1.54) is 16.7 Å². The van der Waals surface area contributed by atoms with E-state index in [0.29, 0.717) is 11.3 Å². The van der Waals surface area contributed by atoms with Gasteiger partial charge in [0.2, 0.25) is 5.91 Å². The topological polar surface area (TPSA) is 75.7 Å². The Morgan fingerprint density at radius 2 is 2.00 bits per heavy atom. The van der Waals surface area contributed by atoms with E-state index < -0.39 is 17.6 Å². The maximum absolute atomic E-state index is 12.7. The zero-order valence-corrected chi connectivity index (χ0v) is 17.0. The van der Waals surface area contributed by atoms with E-state index in [2.05, 4.69) is 11.9 Å². The van der Waals surface area contributed by atoms with Gasteiger partial charge in [0.15, 0.2) is 0 Å². The molecule has 1 saturated heterocycles. The molecule has 0 bridgehead atoms. The predicted molar refractivity (Wildman–Crippen MR) is 108 cm³/mol. The summed E-state index contributed by atoms with van der Waals surface area (Å²) < 4.78 is 5.47. The molecule has 0 aromatic heterocycles. The summed E-state index contributed by atoms with van der Waals surface area (Å²) in [6, 6.07) is 8.70. The lowest BCUT2D eigenvalue weighted by Gasteiger charge is -2.49. The molecule has 0 aliphatic carbocycles. The van der Waals surface area contributed by atoms with Crippen molar-refractivity contribution in [1.82, 2.24) is 10.2 Å². The SMILES string of the molecule is C=CC1=C(C(=O)OC(C)(C)C)N2C(=O)[C@@H](NC(=O)Cc3ccccc3)[C@@H]2SC1. The number of carbonyl (C=O) groups excluding carboxylic acids is 3. The third kappa shape index (κ3) is 4.14. The van der Waals surface area contributed by atoms with Crippen LogP contribution in [0.3, 0.4) is 0 Å². The van der Waals surface area contributed by atoms with Crippen LogP contribution in [0.5, 0.6) is 0 Å². The monoisotopic (exact) mass is 400 g/mol. The van der Waals surface area contributed by atoms with Crippen molar-refractivity contribution in [2.75, 3.05) is 5.75 Å². The van der Waals surface area contributed by atoms with E-state index >= 15 is 0 Å². The Morgan fingerprint density at radius 3 is 2.61 bits per heavy atom. The van der Waals surface area contributed by atoms with Crippen molar-refractivity contribution >= 4 is 29.5 Å². The summed E-state index contributed by atoms with van der Waals surface area (Å²) in [5.74, 6) is -0.548. The molecule has 28 heavy (non-hydrogen) atoms. The molecule has 0 spiro atoms. The van der Waals surface area contributed by atoms with E-state index in [9.17, 15) is 14.4 Å². The molecule has 1 N–H and O–H groups in total. The van der Waals surface area contributed by atoms with E-state index in [1.807, 2.05) is 30.3 Å². The van der Waals surface area contributed by atoms with E-state index in [1.54, 1.807) is 26.8 Å². The number of nitrogens with zero attached hydrogens (tertiary/aromatic N) is 1. The van der Waals surface area contributed by atoms with Crippen LogP contribution >= 0.6 is 11.8 Å². The molecule has 2 amide bonds.